The average Bonchev–Trinajstić information content (AvgIpc) is 3.16. The van der Waals surface area contributed by atoms with Crippen LogP contribution in [0.25, 0.3) is 5.69 Å². The molecule has 1 N–H and O–H groups in total. The van der Waals surface area contributed by atoms with E-state index < -0.39 is 0 Å². The zero-order valence-corrected chi connectivity index (χ0v) is 17.0. The lowest BCUT2D eigenvalue weighted by Gasteiger charge is -2.26. The van der Waals surface area contributed by atoms with Crippen LogP contribution in [0.2, 0.25) is 5.02 Å². The highest BCUT2D eigenvalue weighted by atomic mass is 35.5. The van der Waals surface area contributed by atoms with Crippen molar-refractivity contribution in [1.82, 2.24) is 9.78 Å². The molecule has 0 unspecified atom stereocenters. The van der Waals surface area contributed by atoms with Crippen molar-refractivity contribution in [2.45, 2.75) is 12.3 Å². The summed E-state index contributed by atoms with van der Waals surface area (Å²) in [7, 11) is 4.73. The van der Waals surface area contributed by atoms with Crippen LogP contribution >= 0.6 is 11.6 Å². The second-order valence-electron chi connectivity index (χ2n) is 6.59. The van der Waals surface area contributed by atoms with Crippen LogP contribution in [0, 0.1) is 0 Å². The number of ether oxygens (including phenoxy) is 3. The van der Waals surface area contributed by atoms with Crippen LogP contribution in [0.4, 0.5) is 5.82 Å². The van der Waals surface area contributed by atoms with E-state index in [2.05, 4.69) is 10.4 Å². The van der Waals surface area contributed by atoms with Gasteiger partial charge in [0.2, 0.25) is 5.91 Å². The first kappa shape index (κ1) is 19.1. The zero-order chi connectivity index (χ0) is 20.5. The van der Waals surface area contributed by atoms with Crippen molar-refractivity contribution in [3.8, 4) is 22.9 Å². The number of nitrogens with one attached hydrogen (secondary N) is 1. The van der Waals surface area contributed by atoms with Crippen LogP contribution < -0.4 is 19.5 Å². The van der Waals surface area contributed by atoms with Crippen molar-refractivity contribution in [1.29, 1.82) is 0 Å². The van der Waals surface area contributed by atoms with E-state index in [1.165, 1.54) is 0 Å². The lowest BCUT2D eigenvalue weighted by Crippen LogP contribution is -2.25. The second-order valence-corrected chi connectivity index (χ2v) is 7.03. The number of rotatable bonds is 5. The molecule has 0 saturated carbocycles. The lowest BCUT2D eigenvalue weighted by molar-refractivity contribution is -0.116. The van der Waals surface area contributed by atoms with Crippen molar-refractivity contribution in [3.63, 3.8) is 0 Å². The Bertz CT molecular complexity index is 1060. The molecule has 1 atom stereocenters. The molecule has 0 radical (unpaired) electrons. The topological polar surface area (TPSA) is 74.6 Å². The molecule has 1 aromatic heterocycles. The molecule has 0 spiro atoms. The molecule has 1 aliphatic rings. The Morgan fingerprint density at radius 3 is 2.31 bits per heavy atom. The van der Waals surface area contributed by atoms with Crippen LogP contribution in [-0.4, -0.2) is 37.0 Å². The molecule has 29 heavy (non-hydrogen) atoms. The SMILES string of the molecule is COc1cc(OC)c([C@H]2CC(=O)Nc3c2cnn3-c2ccc(Cl)cc2)cc1OC. The minimum Gasteiger partial charge on any atom is -0.496 e. The number of carbonyl (C=O) groups excluding carboxylic acids is 1. The molecule has 2 aromatic carbocycles. The van der Waals surface area contributed by atoms with Crippen LogP contribution in [0.3, 0.4) is 0 Å². The maximum absolute atomic E-state index is 12.6. The second kappa shape index (κ2) is 7.67. The summed E-state index contributed by atoms with van der Waals surface area (Å²) in [6.45, 7) is 0. The van der Waals surface area contributed by atoms with Crippen LogP contribution in [0.5, 0.6) is 17.2 Å². The first-order chi connectivity index (χ1) is 14.0. The minimum atomic E-state index is -0.241. The molecular weight excluding hydrogens is 394 g/mol. The van der Waals surface area contributed by atoms with Gasteiger partial charge in [-0.25, -0.2) is 4.68 Å². The van der Waals surface area contributed by atoms with Crippen molar-refractivity contribution >= 4 is 23.3 Å². The van der Waals surface area contributed by atoms with Gasteiger partial charge in [0, 0.05) is 34.6 Å². The molecule has 0 fully saturated rings. The molecule has 0 aliphatic carbocycles. The van der Waals surface area contributed by atoms with E-state index in [-0.39, 0.29) is 18.2 Å². The predicted octanol–water partition coefficient (Wildman–Crippen LogP) is 4.03. The molecule has 0 saturated heterocycles. The summed E-state index contributed by atoms with van der Waals surface area (Å²) in [6, 6.07) is 10.9. The van der Waals surface area contributed by atoms with Gasteiger partial charge in [0.05, 0.1) is 33.2 Å². The summed E-state index contributed by atoms with van der Waals surface area (Å²) in [5.74, 6) is 2.04. The van der Waals surface area contributed by atoms with Crippen LogP contribution in [0.1, 0.15) is 23.5 Å². The molecule has 1 amide bonds. The number of hydrogen-bond acceptors (Lipinski definition) is 5. The molecule has 7 nitrogen and oxygen atoms in total. The molecular formula is C21H20ClN3O4. The average molecular weight is 414 g/mol. The Morgan fingerprint density at radius 1 is 1.00 bits per heavy atom. The van der Waals surface area contributed by atoms with Crippen molar-refractivity contribution in [2.24, 2.45) is 0 Å². The number of amides is 1. The summed E-state index contributed by atoms with van der Waals surface area (Å²) >= 11 is 5.99. The third-order valence-corrected chi connectivity index (χ3v) is 5.25. The Kier molecular flexibility index (Phi) is 5.07. The van der Waals surface area contributed by atoms with E-state index in [9.17, 15) is 4.79 Å². The van der Waals surface area contributed by atoms with E-state index in [0.717, 1.165) is 16.8 Å². The first-order valence-electron chi connectivity index (χ1n) is 8.99. The standard InChI is InChI=1S/C21H20ClN3O4/c1-27-17-10-19(29-3)18(28-2)8-15(17)14-9-20(26)24-21-16(14)11-23-25(21)13-6-4-12(22)5-7-13/h4-8,10-11,14H,9H2,1-3H3,(H,24,26)/t14-/m1/s1. The Hall–Kier alpha value is -3.19. The zero-order valence-electron chi connectivity index (χ0n) is 16.2. The first-order valence-corrected chi connectivity index (χ1v) is 9.37. The smallest absolute Gasteiger partial charge is 0.226 e. The molecule has 2 heterocycles. The van der Waals surface area contributed by atoms with Gasteiger partial charge in [0.25, 0.3) is 0 Å². The normalized spacial score (nSPS) is 15.4. The highest BCUT2D eigenvalue weighted by Gasteiger charge is 2.33. The summed E-state index contributed by atoms with van der Waals surface area (Å²) < 4.78 is 18.1. The number of anilines is 1. The van der Waals surface area contributed by atoms with Crippen molar-refractivity contribution in [2.75, 3.05) is 26.6 Å². The van der Waals surface area contributed by atoms with E-state index >= 15 is 0 Å². The number of carbonyl (C=O) groups is 1. The van der Waals surface area contributed by atoms with E-state index in [1.807, 2.05) is 18.2 Å². The van der Waals surface area contributed by atoms with Gasteiger partial charge in [-0.05, 0) is 30.3 Å². The number of aromatic nitrogens is 2. The highest BCUT2D eigenvalue weighted by Crippen LogP contribution is 2.45. The van der Waals surface area contributed by atoms with Crippen LogP contribution in [-0.2, 0) is 4.79 Å². The number of halogens is 1. The minimum absolute atomic E-state index is 0.102. The third kappa shape index (κ3) is 3.38. The number of nitrogens with zero attached hydrogens (tertiary/aromatic N) is 2. The summed E-state index contributed by atoms with van der Waals surface area (Å²) in [5.41, 5.74) is 2.53. The van der Waals surface area contributed by atoms with Gasteiger partial charge < -0.3 is 19.5 Å². The fourth-order valence-corrected chi connectivity index (χ4v) is 3.73. The number of fused-ring (bicyclic) bond motifs is 1. The third-order valence-electron chi connectivity index (χ3n) is 5.00. The summed E-state index contributed by atoms with van der Waals surface area (Å²) in [6.07, 6.45) is 2.04. The molecule has 8 heteroatoms. The fourth-order valence-electron chi connectivity index (χ4n) is 3.60. The number of hydrogen-bond donors (Lipinski definition) is 1. The number of methoxy groups -OCH3 is 3. The van der Waals surface area contributed by atoms with Gasteiger partial charge in [-0.1, -0.05) is 11.6 Å². The van der Waals surface area contributed by atoms with Crippen LogP contribution in [0.15, 0.2) is 42.6 Å². The highest BCUT2D eigenvalue weighted by molar-refractivity contribution is 6.30. The number of benzene rings is 2. The molecule has 150 valence electrons. The maximum atomic E-state index is 12.6. The predicted molar refractivity (Wildman–Crippen MR) is 110 cm³/mol. The summed E-state index contributed by atoms with van der Waals surface area (Å²) in [4.78, 5) is 12.6. The van der Waals surface area contributed by atoms with E-state index in [0.29, 0.717) is 28.1 Å². The van der Waals surface area contributed by atoms with Crippen molar-refractivity contribution in [3.05, 3.63) is 58.7 Å². The largest absolute Gasteiger partial charge is 0.496 e. The molecule has 3 aromatic rings. The monoisotopic (exact) mass is 413 g/mol. The van der Waals surface area contributed by atoms with Gasteiger partial charge in [0.15, 0.2) is 11.5 Å². The fraction of sp³-hybridized carbons (Fsp3) is 0.238. The van der Waals surface area contributed by atoms with Gasteiger partial charge in [0.1, 0.15) is 11.6 Å². The van der Waals surface area contributed by atoms with Gasteiger partial charge >= 0.3 is 0 Å². The molecule has 1 aliphatic heterocycles. The molecule has 4 rings (SSSR count). The quantitative estimate of drug-likeness (QED) is 0.683. The Labute approximate surface area is 173 Å². The Morgan fingerprint density at radius 2 is 1.66 bits per heavy atom. The maximum Gasteiger partial charge on any atom is 0.226 e. The van der Waals surface area contributed by atoms with Gasteiger partial charge in [-0.2, -0.15) is 5.10 Å². The van der Waals surface area contributed by atoms with E-state index in [1.54, 1.807) is 50.4 Å². The van der Waals surface area contributed by atoms with Gasteiger partial charge in [-0.3, -0.25) is 4.79 Å². The van der Waals surface area contributed by atoms with Crippen molar-refractivity contribution < 1.29 is 19.0 Å². The van der Waals surface area contributed by atoms with E-state index in [4.69, 9.17) is 25.8 Å². The molecule has 0 bridgehead atoms. The summed E-state index contributed by atoms with van der Waals surface area (Å²) in [5, 5.41) is 8.07. The Balaban J connectivity index is 1.84. The van der Waals surface area contributed by atoms with Gasteiger partial charge in [-0.15, -0.1) is 0 Å². The lowest BCUT2D eigenvalue weighted by atomic mass is 9.86.